The van der Waals surface area contributed by atoms with E-state index in [0.717, 1.165) is 49.7 Å². The van der Waals surface area contributed by atoms with Crippen LogP contribution in [0.5, 0.6) is 0 Å². The van der Waals surface area contributed by atoms with Crippen molar-refractivity contribution in [1.29, 1.82) is 0 Å². The standard InChI is InChI=1S/C33H36N4O6/c38-29-7-5-3-1-2-4-6-8-30(39)37-28-15-11-23(12-16-28)21-35-32(41)25-17-24(18-26(19-25)33(42)43)31(40)34-20-22-9-13-27(36-29)14-10-22/h9-19H,1-8,20-21H2,(H,34,40)(H,35,41)(H,36,38)(H,37,39)(H,42,43). The number of rotatable bonds is 1. The molecule has 5 N–H and O–H groups in total. The molecular weight excluding hydrogens is 548 g/mol. The average Bonchev–Trinajstić information content (AvgIpc) is 3.00. The van der Waals surface area contributed by atoms with Crippen LogP contribution < -0.4 is 21.3 Å². The van der Waals surface area contributed by atoms with Crippen molar-refractivity contribution in [3.63, 3.8) is 0 Å². The van der Waals surface area contributed by atoms with Gasteiger partial charge in [-0.2, -0.15) is 0 Å². The SMILES string of the molecule is O=C1CCCCCCCCC(=O)Nc2ccc(cc2)CNC(=O)c2cc(C(=O)O)cc(c2)C(=O)NCc2ccc(cc2)N1. The minimum atomic E-state index is -1.26. The minimum Gasteiger partial charge on any atom is -0.478 e. The zero-order valence-corrected chi connectivity index (χ0v) is 23.9. The largest absolute Gasteiger partial charge is 0.478 e. The molecule has 0 spiro atoms. The molecule has 43 heavy (non-hydrogen) atoms. The van der Waals surface area contributed by atoms with E-state index in [-0.39, 0.29) is 41.6 Å². The Balaban J connectivity index is 1.48. The highest BCUT2D eigenvalue weighted by molar-refractivity contribution is 6.03. The Hall–Kier alpha value is -4.99. The predicted octanol–water partition coefficient (Wildman–Crippen LogP) is 5.26. The molecule has 4 heterocycles. The van der Waals surface area contributed by atoms with Gasteiger partial charge in [0.05, 0.1) is 5.56 Å². The third kappa shape index (κ3) is 9.81. The van der Waals surface area contributed by atoms with Crippen LogP contribution >= 0.6 is 0 Å². The monoisotopic (exact) mass is 584 g/mol. The summed E-state index contributed by atoms with van der Waals surface area (Å²) in [5.74, 6) is -2.45. The Morgan fingerprint density at radius 1 is 0.558 bits per heavy atom. The molecule has 0 unspecified atom stereocenters. The summed E-state index contributed by atoms with van der Waals surface area (Å²) in [5.41, 5.74) is 2.77. The summed E-state index contributed by atoms with van der Waals surface area (Å²) in [6.45, 7) is 0.338. The quantitative estimate of drug-likeness (QED) is 0.263. The van der Waals surface area contributed by atoms with Gasteiger partial charge in [-0.3, -0.25) is 19.2 Å². The minimum absolute atomic E-state index is 0.0398. The van der Waals surface area contributed by atoms with Crippen LogP contribution in [0.3, 0.4) is 0 Å². The van der Waals surface area contributed by atoms with Gasteiger partial charge >= 0.3 is 5.97 Å². The summed E-state index contributed by atoms with van der Waals surface area (Å²) >= 11 is 0. The molecule has 3 aromatic carbocycles. The molecule has 4 amide bonds. The van der Waals surface area contributed by atoms with Gasteiger partial charge in [-0.25, -0.2) is 4.79 Å². The smallest absolute Gasteiger partial charge is 0.335 e. The second kappa shape index (κ2) is 15.3. The topological polar surface area (TPSA) is 154 Å². The van der Waals surface area contributed by atoms with E-state index < -0.39 is 17.8 Å². The lowest BCUT2D eigenvalue weighted by Gasteiger charge is -2.11. The Morgan fingerprint density at radius 2 is 0.953 bits per heavy atom. The molecule has 0 saturated heterocycles. The van der Waals surface area contributed by atoms with Crippen LogP contribution in [0.25, 0.3) is 0 Å². The number of hydrogen-bond donors (Lipinski definition) is 5. The number of nitrogens with one attached hydrogen (secondary N) is 4. The lowest BCUT2D eigenvalue weighted by molar-refractivity contribution is -0.117. The Bertz CT molecular complexity index is 1370. The Kier molecular flexibility index (Phi) is 11.0. The molecule has 0 aromatic heterocycles. The van der Waals surface area contributed by atoms with Crippen LogP contribution in [0.1, 0.15) is 93.6 Å². The lowest BCUT2D eigenvalue weighted by Crippen LogP contribution is -2.26. The van der Waals surface area contributed by atoms with Gasteiger partial charge in [0, 0.05) is 48.4 Å². The normalized spacial score (nSPS) is 16.1. The van der Waals surface area contributed by atoms with Gasteiger partial charge in [0.25, 0.3) is 11.8 Å². The first-order valence-electron chi connectivity index (χ1n) is 14.5. The number of hydrogen-bond acceptors (Lipinski definition) is 5. The molecular formula is C33H36N4O6. The molecule has 10 nitrogen and oxygen atoms in total. The molecule has 4 aliphatic heterocycles. The van der Waals surface area contributed by atoms with Crippen LogP contribution in [-0.4, -0.2) is 34.7 Å². The summed E-state index contributed by atoms with van der Waals surface area (Å²) in [6, 6.07) is 18.0. The number of benzene rings is 3. The molecule has 0 radical (unpaired) electrons. The molecule has 4 aliphatic rings. The second-order valence-corrected chi connectivity index (χ2v) is 10.6. The fourth-order valence-electron chi connectivity index (χ4n) is 4.72. The number of anilines is 2. The molecule has 0 aliphatic carbocycles. The molecule has 3 aromatic rings. The van der Waals surface area contributed by atoms with Gasteiger partial charge in [-0.1, -0.05) is 49.9 Å². The Labute approximate surface area is 250 Å². The first kappa shape index (κ1) is 31.0. The maximum absolute atomic E-state index is 12.9. The van der Waals surface area contributed by atoms with E-state index in [0.29, 0.717) is 24.2 Å². The zero-order valence-electron chi connectivity index (χ0n) is 23.9. The number of amides is 4. The average molecular weight is 585 g/mol. The second-order valence-electron chi connectivity index (χ2n) is 10.6. The summed E-state index contributed by atoms with van der Waals surface area (Å²) in [4.78, 5) is 62.2. The summed E-state index contributed by atoms with van der Waals surface area (Å²) in [5, 5.41) is 20.8. The Morgan fingerprint density at radius 3 is 1.35 bits per heavy atom. The van der Waals surface area contributed by atoms with Crippen LogP contribution in [0.2, 0.25) is 0 Å². The number of carboxylic acid groups (broad SMARTS) is 1. The zero-order chi connectivity index (χ0) is 30.6. The van der Waals surface area contributed by atoms with Crippen LogP contribution in [-0.2, 0) is 22.7 Å². The predicted molar refractivity (Wildman–Crippen MR) is 163 cm³/mol. The molecule has 10 heteroatoms. The molecule has 0 fully saturated rings. The molecule has 6 bridgehead atoms. The maximum Gasteiger partial charge on any atom is 0.335 e. The van der Waals surface area contributed by atoms with Gasteiger partial charge < -0.3 is 26.4 Å². The van der Waals surface area contributed by atoms with Crippen molar-refractivity contribution in [3.05, 3.63) is 94.5 Å². The number of aromatic carboxylic acids is 1. The van der Waals surface area contributed by atoms with E-state index in [1.165, 1.54) is 18.2 Å². The number of carbonyl (C=O) groups excluding carboxylic acids is 4. The summed E-state index contributed by atoms with van der Waals surface area (Å²) < 4.78 is 0. The molecule has 224 valence electrons. The van der Waals surface area contributed by atoms with Gasteiger partial charge in [-0.15, -0.1) is 0 Å². The van der Waals surface area contributed by atoms with Crippen molar-refractivity contribution < 1.29 is 29.1 Å². The van der Waals surface area contributed by atoms with Crippen molar-refractivity contribution in [2.45, 2.75) is 64.5 Å². The number of carbonyl (C=O) groups is 5. The van der Waals surface area contributed by atoms with Crippen LogP contribution in [0, 0.1) is 0 Å². The molecule has 0 saturated carbocycles. The van der Waals surface area contributed by atoms with Crippen LogP contribution in [0.4, 0.5) is 11.4 Å². The van der Waals surface area contributed by atoms with Gasteiger partial charge in [0.2, 0.25) is 11.8 Å². The van der Waals surface area contributed by atoms with Crippen molar-refractivity contribution in [2.24, 2.45) is 0 Å². The highest BCUT2D eigenvalue weighted by Crippen LogP contribution is 2.16. The van der Waals surface area contributed by atoms with E-state index in [1.807, 2.05) is 0 Å². The van der Waals surface area contributed by atoms with Crippen molar-refractivity contribution in [1.82, 2.24) is 10.6 Å². The molecule has 0 atom stereocenters. The number of carboxylic acids is 1. The van der Waals surface area contributed by atoms with Crippen molar-refractivity contribution in [3.8, 4) is 0 Å². The van der Waals surface area contributed by atoms with E-state index in [9.17, 15) is 29.1 Å². The lowest BCUT2D eigenvalue weighted by atomic mass is 10.0. The van der Waals surface area contributed by atoms with Gasteiger partial charge in [0.15, 0.2) is 0 Å². The van der Waals surface area contributed by atoms with Crippen LogP contribution in [0.15, 0.2) is 66.7 Å². The fourth-order valence-corrected chi connectivity index (χ4v) is 4.72. The van der Waals surface area contributed by atoms with E-state index >= 15 is 0 Å². The highest BCUT2D eigenvalue weighted by atomic mass is 16.4. The van der Waals surface area contributed by atoms with E-state index in [1.54, 1.807) is 48.5 Å². The van der Waals surface area contributed by atoms with E-state index in [2.05, 4.69) is 21.3 Å². The third-order valence-electron chi connectivity index (χ3n) is 7.14. The molecule has 7 rings (SSSR count). The van der Waals surface area contributed by atoms with E-state index in [4.69, 9.17) is 0 Å². The summed E-state index contributed by atoms with van der Waals surface area (Å²) in [7, 11) is 0. The fraction of sp³-hybridized carbons (Fsp3) is 0.303. The van der Waals surface area contributed by atoms with Gasteiger partial charge in [0.1, 0.15) is 0 Å². The van der Waals surface area contributed by atoms with Crippen molar-refractivity contribution >= 4 is 41.0 Å². The maximum atomic E-state index is 12.9. The van der Waals surface area contributed by atoms with Crippen molar-refractivity contribution in [2.75, 3.05) is 10.6 Å². The highest BCUT2D eigenvalue weighted by Gasteiger charge is 2.16. The third-order valence-corrected chi connectivity index (χ3v) is 7.14. The van der Waals surface area contributed by atoms with Gasteiger partial charge in [-0.05, 0) is 66.4 Å². The first-order valence-corrected chi connectivity index (χ1v) is 14.5. The summed E-state index contributed by atoms with van der Waals surface area (Å²) in [6.07, 6.45) is 6.34. The first-order chi connectivity index (χ1) is 20.8.